The summed E-state index contributed by atoms with van der Waals surface area (Å²) in [6.45, 7) is 5.52. The minimum absolute atomic E-state index is 0.371. The maximum Gasteiger partial charge on any atom is 0.167 e. The van der Waals surface area contributed by atoms with E-state index >= 15 is 0 Å². The second kappa shape index (κ2) is 8.96. The average Bonchev–Trinajstić information content (AvgIpc) is 2.57. The second-order valence-corrected chi connectivity index (χ2v) is 5.40. The minimum atomic E-state index is -0.745. The lowest BCUT2D eigenvalue weighted by atomic mass is 10.1. The van der Waals surface area contributed by atoms with Crippen molar-refractivity contribution in [3.05, 3.63) is 89.9 Å². The van der Waals surface area contributed by atoms with E-state index in [-0.39, 0.29) is 0 Å². The van der Waals surface area contributed by atoms with Gasteiger partial charge in [0.1, 0.15) is 6.10 Å². The SMILES string of the molecule is C=C=C(OC)[C@@H](O)CN(Cc1ccccc1)Cc1ccccc1. The smallest absolute Gasteiger partial charge is 0.167 e. The molecule has 23 heavy (non-hydrogen) atoms. The lowest BCUT2D eigenvalue weighted by molar-refractivity contribution is 0.0825. The lowest BCUT2D eigenvalue weighted by Gasteiger charge is -2.25. The zero-order chi connectivity index (χ0) is 16.5. The molecular formula is C20H23NO2. The number of aliphatic hydroxyl groups excluding tert-OH is 1. The van der Waals surface area contributed by atoms with Crippen LogP contribution in [-0.4, -0.2) is 29.8 Å². The van der Waals surface area contributed by atoms with Gasteiger partial charge in [0, 0.05) is 19.6 Å². The summed E-state index contributed by atoms with van der Waals surface area (Å²) in [6.07, 6.45) is -0.745. The maximum absolute atomic E-state index is 10.3. The summed E-state index contributed by atoms with van der Waals surface area (Å²) in [5.74, 6) is 0.371. The number of hydrogen-bond acceptors (Lipinski definition) is 3. The molecule has 2 aromatic carbocycles. The molecule has 2 aromatic rings. The summed E-state index contributed by atoms with van der Waals surface area (Å²) in [7, 11) is 1.52. The predicted octanol–water partition coefficient (Wildman–Crippen LogP) is 3.36. The first-order chi connectivity index (χ1) is 11.2. The number of ether oxygens (including phenoxy) is 1. The molecule has 2 rings (SSSR count). The molecule has 0 saturated carbocycles. The lowest BCUT2D eigenvalue weighted by Crippen LogP contribution is -2.33. The van der Waals surface area contributed by atoms with E-state index in [2.05, 4.69) is 41.5 Å². The number of benzene rings is 2. The third-order valence-electron chi connectivity index (χ3n) is 3.63. The fourth-order valence-electron chi connectivity index (χ4n) is 2.52. The fourth-order valence-corrected chi connectivity index (χ4v) is 2.52. The van der Waals surface area contributed by atoms with Gasteiger partial charge in [0.05, 0.1) is 7.11 Å². The Morgan fingerprint density at radius 2 is 1.52 bits per heavy atom. The Morgan fingerprint density at radius 1 is 1.04 bits per heavy atom. The molecule has 0 bridgehead atoms. The summed E-state index contributed by atoms with van der Waals surface area (Å²) in [4.78, 5) is 2.19. The molecule has 1 atom stereocenters. The Morgan fingerprint density at radius 3 is 1.91 bits per heavy atom. The van der Waals surface area contributed by atoms with Crippen molar-refractivity contribution in [2.24, 2.45) is 0 Å². The summed E-state index contributed by atoms with van der Waals surface area (Å²) in [6, 6.07) is 20.5. The van der Waals surface area contributed by atoms with Gasteiger partial charge in [-0.3, -0.25) is 4.90 Å². The Hall–Kier alpha value is -2.32. The van der Waals surface area contributed by atoms with E-state index in [0.29, 0.717) is 12.3 Å². The molecule has 0 radical (unpaired) electrons. The van der Waals surface area contributed by atoms with Crippen molar-refractivity contribution < 1.29 is 9.84 Å². The predicted molar refractivity (Wildman–Crippen MR) is 92.7 cm³/mol. The van der Waals surface area contributed by atoms with Gasteiger partial charge in [-0.25, -0.2) is 0 Å². The molecule has 0 fully saturated rings. The van der Waals surface area contributed by atoms with Crippen molar-refractivity contribution in [1.82, 2.24) is 4.90 Å². The van der Waals surface area contributed by atoms with Gasteiger partial charge in [-0.2, -0.15) is 0 Å². The standard InChI is InChI=1S/C20H23NO2/c1-3-20(23-2)19(22)16-21(14-17-10-6-4-7-11-17)15-18-12-8-5-9-13-18/h4-13,19,22H,1,14-16H2,2H3/t19-/m0/s1. The first-order valence-electron chi connectivity index (χ1n) is 7.65. The summed E-state index contributed by atoms with van der Waals surface area (Å²) in [5, 5.41) is 10.3. The highest BCUT2D eigenvalue weighted by atomic mass is 16.5. The number of nitrogens with zero attached hydrogens (tertiary/aromatic N) is 1. The molecule has 0 heterocycles. The van der Waals surface area contributed by atoms with Gasteiger partial charge >= 0.3 is 0 Å². The van der Waals surface area contributed by atoms with Crippen molar-refractivity contribution in [2.75, 3.05) is 13.7 Å². The van der Waals surface area contributed by atoms with Crippen molar-refractivity contribution in [1.29, 1.82) is 0 Å². The zero-order valence-electron chi connectivity index (χ0n) is 13.5. The fraction of sp³-hybridized carbons (Fsp3) is 0.250. The quantitative estimate of drug-likeness (QED) is 0.599. The van der Waals surface area contributed by atoms with Crippen LogP contribution in [-0.2, 0) is 17.8 Å². The molecule has 0 unspecified atom stereocenters. The molecule has 0 aliphatic carbocycles. The van der Waals surface area contributed by atoms with Gasteiger partial charge in [-0.1, -0.05) is 73.0 Å². The zero-order valence-corrected chi connectivity index (χ0v) is 13.5. The van der Waals surface area contributed by atoms with Crippen LogP contribution < -0.4 is 0 Å². The summed E-state index contributed by atoms with van der Waals surface area (Å²) < 4.78 is 5.13. The second-order valence-electron chi connectivity index (χ2n) is 5.40. The highest BCUT2D eigenvalue weighted by Crippen LogP contribution is 2.13. The molecule has 0 aromatic heterocycles. The van der Waals surface area contributed by atoms with Crippen molar-refractivity contribution in [3.8, 4) is 0 Å². The monoisotopic (exact) mass is 309 g/mol. The third-order valence-corrected chi connectivity index (χ3v) is 3.63. The van der Waals surface area contributed by atoms with E-state index in [0.717, 1.165) is 13.1 Å². The number of rotatable bonds is 8. The van der Waals surface area contributed by atoms with Crippen LogP contribution in [0.25, 0.3) is 0 Å². The maximum atomic E-state index is 10.3. The Labute approximate surface area is 138 Å². The molecule has 120 valence electrons. The highest BCUT2D eigenvalue weighted by molar-refractivity contribution is 5.17. The molecule has 3 nitrogen and oxygen atoms in total. The highest BCUT2D eigenvalue weighted by Gasteiger charge is 2.17. The van der Waals surface area contributed by atoms with Crippen LogP contribution in [0.3, 0.4) is 0 Å². The van der Waals surface area contributed by atoms with Crippen molar-refractivity contribution >= 4 is 0 Å². The van der Waals surface area contributed by atoms with Crippen molar-refractivity contribution in [3.63, 3.8) is 0 Å². The van der Waals surface area contributed by atoms with Crippen LogP contribution in [0.15, 0.2) is 78.7 Å². The van der Waals surface area contributed by atoms with Gasteiger partial charge in [-0.15, -0.1) is 0 Å². The Kier molecular flexibility index (Phi) is 6.64. The van der Waals surface area contributed by atoms with E-state index in [4.69, 9.17) is 4.74 Å². The molecule has 0 amide bonds. The molecule has 1 N–H and O–H groups in total. The molecule has 0 aliphatic rings. The van der Waals surface area contributed by atoms with Crippen LogP contribution >= 0.6 is 0 Å². The normalized spacial score (nSPS) is 11.8. The van der Waals surface area contributed by atoms with Crippen LogP contribution in [0, 0.1) is 0 Å². The molecule has 0 spiro atoms. The summed E-state index contributed by atoms with van der Waals surface area (Å²) in [5.41, 5.74) is 5.06. The van der Waals surface area contributed by atoms with Gasteiger partial charge in [0.15, 0.2) is 5.76 Å². The van der Waals surface area contributed by atoms with Gasteiger partial charge in [0.25, 0.3) is 0 Å². The number of methoxy groups -OCH3 is 1. The van der Waals surface area contributed by atoms with E-state index in [9.17, 15) is 5.11 Å². The largest absolute Gasteiger partial charge is 0.490 e. The van der Waals surface area contributed by atoms with Crippen LogP contribution in [0.5, 0.6) is 0 Å². The van der Waals surface area contributed by atoms with Gasteiger partial charge in [0.2, 0.25) is 0 Å². The molecule has 0 aliphatic heterocycles. The van der Waals surface area contributed by atoms with E-state index in [1.807, 2.05) is 36.4 Å². The topological polar surface area (TPSA) is 32.7 Å². The van der Waals surface area contributed by atoms with Crippen LogP contribution in [0.2, 0.25) is 0 Å². The summed E-state index contributed by atoms with van der Waals surface area (Å²) >= 11 is 0. The molecular weight excluding hydrogens is 286 g/mol. The minimum Gasteiger partial charge on any atom is -0.490 e. The Balaban J connectivity index is 2.12. The van der Waals surface area contributed by atoms with Gasteiger partial charge in [-0.05, 0) is 11.1 Å². The van der Waals surface area contributed by atoms with E-state index in [1.165, 1.54) is 18.2 Å². The van der Waals surface area contributed by atoms with Crippen molar-refractivity contribution in [2.45, 2.75) is 19.2 Å². The molecule has 0 saturated heterocycles. The first kappa shape index (κ1) is 17.0. The average molecular weight is 309 g/mol. The van der Waals surface area contributed by atoms with Crippen LogP contribution in [0.1, 0.15) is 11.1 Å². The first-order valence-corrected chi connectivity index (χ1v) is 7.65. The number of hydrogen-bond donors (Lipinski definition) is 1. The van der Waals surface area contributed by atoms with E-state index < -0.39 is 6.10 Å². The van der Waals surface area contributed by atoms with E-state index in [1.54, 1.807) is 0 Å². The van der Waals surface area contributed by atoms with Gasteiger partial charge < -0.3 is 9.84 Å². The number of aliphatic hydroxyl groups is 1. The Bertz CT molecular complexity index is 592. The molecule has 3 heteroatoms. The third kappa shape index (κ3) is 5.42. The van der Waals surface area contributed by atoms with Crippen LogP contribution in [0.4, 0.5) is 0 Å².